The van der Waals surface area contributed by atoms with Crippen molar-refractivity contribution in [1.29, 1.82) is 0 Å². The molecule has 0 radical (unpaired) electrons. The van der Waals surface area contributed by atoms with E-state index in [9.17, 15) is 10.2 Å². The second-order valence-corrected chi connectivity index (χ2v) is 5.62. The Morgan fingerprint density at radius 3 is 2.90 bits per heavy atom. The van der Waals surface area contributed by atoms with E-state index in [0.29, 0.717) is 13.0 Å². The molecule has 1 saturated carbocycles. The summed E-state index contributed by atoms with van der Waals surface area (Å²) in [6.07, 6.45) is 6.32. The number of pyridine rings is 1. The summed E-state index contributed by atoms with van der Waals surface area (Å²) >= 11 is 0. The minimum atomic E-state index is -0.771. The Morgan fingerprint density at radius 1 is 1.38 bits per heavy atom. The Kier molecular flexibility index (Phi) is 4.01. The van der Waals surface area contributed by atoms with Crippen LogP contribution >= 0.6 is 0 Å². The molecule has 3 rings (SSSR count). The summed E-state index contributed by atoms with van der Waals surface area (Å²) in [7, 11) is 1.87. The van der Waals surface area contributed by atoms with Gasteiger partial charge in [-0.15, -0.1) is 0 Å². The number of aromatic nitrogens is 3. The molecule has 6 heteroatoms. The summed E-state index contributed by atoms with van der Waals surface area (Å²) in [4.78, 5) is 4.13. The van der Waals surface area contributed by atoms with E-state index in [1.54, 1.807) is 23.3 Å². The van der Waals surface area contributed by atoms with Crippen LogP contribution in [0.4, 0.5) is 0 Å². The smallest absolute Gasteiger partial charge is 0.0957 e. The minimum Gasteiger partial charge on any atom is -0.390 e. The summed E-state index contributed by atoms with van der Waals surface area (Å²) in [5.41, 5.74) is 2.09. The molecule has 0 spiro atoms. The highest BCUT2D eigenvalue weighted by Gasteiger charge is 2.42. The average Bonchev–Trinajstić information content (AvgIpc) is 3.03. The molecule has 2 heterocycles. The van der Waals surface area contributed by atoms with E-state index in [-0.39, 0.29) is 12.0 Å². The van der Waals surface area contributed by atoms with Gasteiger partial charge in [0.05, 0.1) is 18.4 Å². The van der Waals surface area contributed by atoms with Crippen molar-refractivity contribution in [2.45, 2.75) is 37.1 Å². The summed E-state index contributed by atoms with van der Waals surface area (Å²) in [6.45, 7) is 0.610. The zero-order valence-electron chi connectivity index (χ0n) is 11.9. The number of hydrogen-bond donors (Lipinski definition) is 3. The third kappa shape index (κ3) is 2.97. The van der Waals surface area contributed by atoms with Crippen LogP contribution in [0.3, 0.4) is 0 Å². The van der Waals surface area contributed by atoms with Gasteiger partial charge in [-0.2, -0.15) is 5.10 Å². The molecule has 0 amide bonds. The molecule has 1 aliphatic rings. The Balaban J connectivity index is 1.73. The molecule has 2 aromatic rings. The molecule has 0 bridgehead atoms. The van der Waals surface area contributed by atoms with E-state index < -0.39 is 12.2 Å². The molecule has 0 unspecified atom stereocenters. The normalized spacial score (nSPS) is 28.9. The van der Waals surface area contributed by atoms with Crippen molar-refractivity contribution in [3.8, 4) is 0 Å². The lowest BCUT2D eigenvalue weighted by Gasteiger charge is -2.23. The van der Waals surface area contributed by atoms with Crippen molar-refractivity contribution in [3.05, 3.63) is 48.0 Å². The Labute approximate surface area is 123 Å². The maximum Gasteiger partial charge on any atom is 0.0957 e. The van der Waals surface area contributed by atoms with Crippen LogP contribution in [0.15, 0.2) is 36.9 Å². The largest absolute Gasteiger partial charge is 0.390 e. The van der Waals surface area contributed by atoms with Crippen molar-refractivity contribution < 1.29 is 10.2 Å². The number of aryl methyl sites for hydroxylation is 1. The van der Waals surface area contributed by atoms with Gasteiger partial charge in [-0.1, -0.05) is 6.07 Å². The molecular formula is C15H20N4O2. The van der Waals surface area contributed by atoms with Gasteiger partial charge in [-0.05, 0) is 18.1 Å². The monoisotopic (exact) mass is 288 g/mol. The Morgan fingerprint density at radius 2 is 2.24 bits per heavy atom. The van der Waals surface area contributed by atoms with Gasteiger partial charge in [-0.25, -0.2) is 0 Å². The summed E-state index contributed by atoms with van der Waals surface area (Å²) in [6, 6.07) is 3.68. The van der Waals surface area contributed by atoms with Gasteiger partial charge in [0.25, 0.3) is 0 Å². The molecule has 0 saturated heterocycles. The first-order valence-electron chi connectivity index (χ1n) is 7.12. The number of aliphatic hydroxyl groups is 2. The lowest BCUT2D eigenvalue weighted by atomic mass is 9.95. The molecule has 2 aromatic heterocycles. The molecule has 112 valence electrons. The van der Waals surface area contributed by atoms with Gasteiger partial charge < -0.3 is 15.5 Å². The van der Waals surface area contributed by atoms with E-state index in [1.165, 1.54) is 0 Å². The van der Waals surface area contributed by atoms with E-state index >= 15 is 0 Å². The fourth-order valence-electron chi connectivity index (χ4n) is 3.02. The zero-order valence-corrected chi connectivity index (χ0v) is 11.9. The van der Waals surface area contributed by atoms with Gasteiger partial charge in [0.15, 0.2) is 0 Å². The molecule has 1 fully saturated rings. The highest BCUT2D eigenvalue weighted by atomic mass is 16.3. The topological polar surface area (TPSA) is 83.2 Å². The third-order valence-corrected chi connectivity index (χ3v) is 4.10. The maximum absolute atomic E-state index is 10.2. The number of aliphatic hydroxyl groups excluding tert-OH is 2. The fourth-order valence-corrected chi connectivity index (χ4v) is 3.02. The predicted molar refractivity (Wildman–Crippen MR) is 77.4 cm³/mol. The van der Waals surface area contributed by atoms with Crippen molar-refractivity contribution in [2.75, 3.05) is 0 Å². The lowest BCUT2D eigenvalue weighted by molar-refractivity contribution is 0.0297. The van der Waals surface area contributed by atoms with Crippen LogP contribution in [-0.4, -0.2) is 43.2 Å². The van der Waals surface area contributed by atoms with Gasteiger partial charge in [0, 0.05) is 49.7 Å². The molecular weight excluding hydrogens is 268 g/mol. The van der Waals surface area contributed by atoms with Gasteiger partial charge in [0.1, 0.15) is 0 Å². The molecule has 3 N–H and O–H groups in total. The van der Waals surface area contributed by atoms with Crippen LogP contribution in [-0.2, 0) is 13.6 Å². The first-order valence-corrected chi connectivity index (χ1v) is 7.12. The van der Waals surface area contributed by atoms with E-state index in [0.717, 1.165) is 11.1 Å². The number of nitrogens with one attached hydrogen (secondary N) is 1. The molecule has 21 heavy (non-hydrogen) atoms. The van der Waals surface area contributed by atoms with Crippen molar-refractivity contribution in [2.24, 2.45) is 7.05 Å². The van der Waals surface area contributed by atoms with Gasteiger partial charge >= 0.3 is 0 Å². The van der Waals surface area contributed by atoms with Gasteiger partial charge in [0.2, 0.25) is 0 Å². The second kappa shape index (κ2) is 5.93. The van der Waals surface area contributed by atoms with Crippen LogP contribution in [0.1, 0.15) is 23.5 Å². The van der Waals surface area contributed by atoms with Crippen LogP contribution < -0.4 is 5.32 Å². The van der Waals surface area contributed by atoms with Crippen LogP contribution in [0.5, 0.6) is 0 Å². The van der Waals surface area contributed by atoms with Gasteiger partial charge in [-0.3, -0.25) is 9.67 Å². The molecule has 0 aliphatic heterocycles. The zero-order chi connectivity index (χ0) is 14.8. The van der Waals surface area contributed by atoms with E-state index in [2.05, 4.69) is 15.4 Å². The predicted octanol–water partition coefficient (Wildman–Crippen LogP) is 0.183. The number of hydrogen-bond acceptors (Lipinski definition) is 5. The summed E-state index contributed by atoms with van der Waals surface area (Å²) < 4.78 is 1.75. The SMILES string of the molecule is Cn1cc(CN[C@H]2[C@H](O)[C@H](O)C[C@@H]2c2cccnc2)cn1. The second-order valence-electron chi connectivity index (χ2n) is 5.62. The Bertz CT molecular complexity index is 586. The van der Waals surface area contributed by atoms with Crippen LogP contribution in [0, 0.1) is 0 Å². The first kappa shape index (κ1) is 14.2. The molecule has 1 aliphatic carbocycles. The summed E-state index contributed by atoms with van der Waals surface area (Å²) in [5, 5.41) is 27.7. The lowest BCUT2D eigenvalue weighted by Crippen LogP contribution is -2.41. The van der Waals surface area contributed by atoms with E-state index in [4.69, 9.17) is 0 Å². The minimum absolute atomic E-state index is 0.0559. The maximum atomic E-state index is 10.2. The van der Waals surface area contributed by atoms with Crippen molar-refractivity contribution >= 4 is 0 Å². The molecule has 0 aromatic carbocycles. The first-order chi connectivity index (χ1) is 10.1. The highest BCUT2D eigenvalue weighted by Crippen LogP contribution is 2.35. The Hall–Kier alpha value is -1.76. The number of rotatable bonds is 4. The fraction of sp³-hybridized carbons (Fsp3) is 0.467. The van der Waals surface area contributed by atoms with E-state index in [1.807, 2.05) is 25.4 Å². The van der Waals surface area contributed by atoms with Crippen molar-refractivity contribution in [1.82, 2.24) is 20.1 Å². The highest BCUT2D eigenvalue weighted by molar-refractivity contribution is 5.22. The molecule has 6 nitrogen and oxygen atoms in total. The van der Waals surface area contributed by atoms with Crippen LogP contribution in [0.2, 0.25) is 0 Å². The number of nitrogens with zero attached hydrogens (tertiary/aromatic N) is 3. The third-order valence-electron chi connectivity index (χ3n) is 4.10. The summed E-state index contributed by atoms with van der Waals surface area (Å²) in [5.74, 6) is 0.0559. The van der Waals surface area contributed by atoms with Crippen LogP contribution in [0.25, 0.3) is 0 Å². The quantitative estimate of drug-likeness (QED) is 0.748. The van der Waals surface area contributed by atoms with Crippen molar-refractivity contribution in [3.63, 3.8) is 0 Å². The standard InChI is InChI=1S/C15H20N4O2/c1-19-9-10(7-18-19)6-17-14-12(5-13(20)15(14)21)11-3-2-4-16-8-11/h2-4,7-9,12-15,17,20-21H,5-6H2,1H3/t12-,13-,14-,15-/m1/s1. The average molecular weight is 288 g/mol. The molecule has 4 atom stereocenters.